The van der Waals surface area contributed by atoms with Crippen LogP contribution >= 0.6 is 0 Å². The number of rotatable bonds is 6. The molecule has 0 saturated heterocycles. The zero-order chi connectivity index (χ0) is 21.8. The van der Waals surface area contributed by atoms with Crippen molar-refractivity contribution in [1.29, 1.82) is 0 Å². The monoisotopic (exact) mass is 413 g/mol. The largest absolute Gasteiger partial charge is 0.335 e. The van der Waals surface area contributed by atoms with Crippen molar-refractivity contribution < 1.29 is 9.72 Å². The Morgan fingerprint density at radius 2 is 1.68 bits per heavy atom. The summed E-state index contributed by atoms with van der Waals surface area (Å²) >= 11 is 0. The quantitative estimate of drug-likeness (QED) is 0.350. The number of nitrogens with zero attached hydrogens (tertiary/aromatic N) is 5. The number of nitro benzene ring substituents is 1. The third-order valence-electron chi connectivity index (χ3n) is 4.72. The van der Waals surface area contributed by atoms with Crippen LogP contribution in [0.1, 0.15) is 16.2 Å². The predicted molar refractivity (Wildman–Crippen MR) is 116 cm³/mol. The van der Waals surface area contributed by atoms with Crippen LogP contribution in [0.4, 0.5) is 5.69 Å². The summed E-state index contributed by atoms with van der Waals surface area (Å²) < 4.78 is 1.64. The van der Waals surface area contributed by atoms with E-state index in [4.69, 9.17) is 0 Å². The second-order valence-corrected chi connectivity index (χ2v) is 6.96. The molecule has 3 aromatic carbocycles. The standard InChI is InChI=1S/C23H19N5O3/c1-26(16-17-9-8-14-20(15-17)28(30)31)23(29)21-24-22(18-10-4-2-5-11-18)27(25-21)19-12-6-3-7-13-19/h2-15H,16H2,1H3. The van der Waals surface area contributed by atoms with Crippen molar-refractivity contribution in [1.82, 2.24) is 19.7 Å². The van der Waals surface area contributed by atoms with Gasteiger partial charge in [-0.25, -0.2) is 9.67 Å². The second-order valence-electron chi connectivity index (χ2n) is 6.96. The molecule has 0 atom stereocenters. The van der Waals surface area contributed by atoms with Gasteiger partial charge >= 0.3 is 0 Å². The minimum Gasteiger partial charge on any atom is -0.335 e. The average Bonchev–Trinajstić information content (AvgIpc) is 3.25. The highest BCUT2D eigenvalue weighted by Crippen LogP contribution is 2.22. The topological polar surface area (TPSA) is 94.2 Å². The summed E-state index contributed by atoms with van der Waals surface area (Å²) in [5.41, 5.74) is 2.25. The Morgan fingerprint density at radius 1 is 1.00 bits per heavy atom. The van der Waals surface area contributed by atoms with Crippen LogP contribution in [0.5, 0.6) is 0 Å². The van der Waals surface area contributed by atoms with Crippen LogP contribution in [0, 0.1) is 10.1 Å². The van der Waals surface area contributed by atoms with E-state index in [1.54, 1.807) is 23.9 Å². The van der Waals surface area contributed by atoms with E-state index in [9.17, 15) is 14.9 Å². The fraction of sp³-hybridized carbons (Fsp3) is 0.0870. The summed E-state index contributed by atoms with van der Waals surface area (Å²) in [6.07, 6.45) is 0. The summed E-state index contributed by atoms with van der Waals surface area (Å²) in [6.45, 7) is 0.195. The lowest BCUT2D eigenvalue weighted by molar-refractivity contribution is -0.384. The number of carbonyl (C=O) groups excluding carboxylic acids is 1. The molecule has 0 aliphatic carbocycles. The number of benzene rings is 3. The van der Waals surface area contributed by atoms with Crippen LogP contribution in [0.15, 0.2) is 84.9 Å². The van der Waals surface area contributed by atoms with Gasteiger partial charge < -0.3 is 4.90 Å². The zero-order valence-electron chi connectivity index (χ0n) is 16.8. The van der Waals surface area contributed by atoms with Crippen molar-refractivity contribution in [3.05, 3.63) is 106 Å². The SMILES string of the molecule is CN(Cc1cccc([N+](=O)[O-])c1)C(=O)c1nc(-c2ccccc2)n(-c2ccccc2)n1. The van der Waals surface area contributed by atoms with Crippen LogP contribution < -0.4 is 0 Å². The molecule has 0 aliphatic rings. The van der Waals surface area contributed by atoms with Gasteiger partial charge in [-0.1, -0.05) is 60.7 Å². The van der Waals surface area contributed by atoms with Crippen molar-refractivity contribution in [2.75, 3.05) is 7.05 Å². The van der Waals surface area contributed by atoms with Gasteiger partial charge in [0, 0.05) is 31.3 Å². The summed E-state index contributed by atoms with van der Waals surface area (Å²) in [5.74, 6) is 0.230. The summed E-state index contributed by atoms with van der Waals surface area (Å²) in [7, 11) is 1.62. The highest BCUT2D eigenvalue weighted by molar-refractivity contribution is 5.90. The normalized spacial score (nSPS) is 10.6. The van der Waals surface area contributed by atoms with E-state index in [1.807, 2.05) is 60.7 Å². The van der Waals surface area contributed by atoms with Crippen LogP contribution in [-0.2, 0) is 6.54 Å². The molecule has 8 heteroatoms. The number of non-ortho nitro benzene ring substituents is 1. The second kappa shape index (κ2) is 8.58. The van der Waals surface area contributed by atoms with Crippen LogP contribution in [0.2, 0.25) is 0 Å². The van der Waals surface area contributed by atoms with Crippen LogP contribution in [-0.4, -0.2) is 37.5 Å². The number of carbonyl (C=O) groups is 1. The molecule has 154 valence electrons. The van der Waals surface area contributed by atoms with Gasteiger partial charge in [0.15, 0.2) is 5.82 Å². The summed E-state index contributed by atoms with van der Waals surface area (Å²) in [5, 5.41) is 15.5. The minimum atomic E-state index is -0.458. The summed E-state index contributed by atoms with van der Waals surface area (Å²) in [4.78, 5) is 29.6. The van der Waals surface area contributed by atoms with E-state index in [-0.39, 0.29) is 24.0 Å². The third kappa shape index (κ3) is 4.32. The maximum Gasteiger partial charge on any atom is 0.293 e. The number of amides is 1. The molecule has 0 radical (unpaired) electrons. The van der Waals surface area contributed by atoms with E-state index < -0.39 is 4.92 Å². The van der Waals surface area contributed by atoms with E-state index >= 15 is 0 Å². The first kappa shape index (κ1) is 20.0. The Morgan fingerprint density at radius 3 is 2.35 bits per heavy atom. The fourth-order valence-corrected chi connectivity index (χ4v) is 3.21. The van der Waals surface area contributed by atoms with E-state index in [2.05, 4.69) is 10.1 Å². The van der Waals surface area contributed by atoms with Crippen molar-refractivity contribution in [3.8, 4) is 17.1 Å². The Balaban J connectivity index is 1.66. The van der Waals surface area contributed by atoms with E-state index in [1.165, 1.54) is 17.0 Å². The Hall–Kier alpha value is -4.33. The van der Waals surface area contributed by atoms with Gasteiger partial charge in [-0.15, -0.1) is 5.10 Å². The first-order valence-corrected chi connectivity index (χ1v) is 9.59. The lowest BCUT2D eigenvalue weighted by atomic mass is 10.2. The van der Waals surface area contributed by atoms with Gasteiger partial charge in [0.05, 0.1) is 10.6 Å². The van der Waals surface area contributed by atoms with Gasteiger partial charge in [-0.05, 0) is 17.7 Å². The number of hydrogen-bond acceptors (Lipinski definition) is 5. The molecule has 4 aromatic rings. The van der Waals surface area contributed by atoms with Gasteiger partial charge in [0.25, 0.3) is 11.6 Å². The molecule has 0 N–H and O–H groups in total. The fourth-order valence-electron chi connectivity index (χ4n) is 3.21. The number of hydrogen-bond donors (Lipinski definition) is 0. The molecule has 0 spiro atoms. The molecular formula is C23H19N5O3. The van der Waals surface area contributed by atoms with E-state index in [0.717, 1.165) is 11.3 Å². The van der Waals surface area contributed by atoms with Gasteiger partial charge in [-0.2, -0.15) is 0 Å². The van der Waals surface area contributed by atoms with Gasteiger partial charge in [-0.3, -0.25) is 14.9 Å². The first-order chi connectivity index (χ1) is 15.0. The van der Waals surface area contributed by atoms with Gasteiger partial charge in [0.2, 0.25) is 5.82 Å². The predicted octanol–water partition coefficient (Wildman–Crippen LogP) is 4.11. The number of para-hydroxylation sites is 1. The zero-order valence-corrected chi connectivity index (χ0v) is 16.8. The molecule has 0 aliphatic heterocycles. The molecule has 31 heavy (non-hydrogen) atoms. The highest BCUT2D eigenvalue weighted by atomic mass is 16.6. The third-order valence-corrected chi connectivity index (χ3v) is 4.72. The van der Waals surface area contributed by atoms with Crippen molar-refractivity contribution in [2.45, 2.75) is 6.54 Å². The summed E-state index contributed by atoms with van der Waals surface area (Å²) in [6, 6.07) is 25.2. The average molecular weight is 413 g/mol. The highest BCUT2D eigenvalue weighted by Gasteiger charge is 2.22. The molecule has 0 unspecified atom stereocenters. The Kier molecular flexibility index (Phi) is 5.53. The van der Waals surface area contributed by atoms with Crippen molar-refractivity contribution >= 4 is 11.6 Å². The van der Waals surface area contributed by atoms with Crippen molar-refractivity contribution in [3.63, 3.8) is 0 Å². The molecule has 1 aromatic heterocycles. The molecule has 0 fully saturated rings. The van der Waals surface area contributed by atoms with Crippen LogP contribution in [0.25, 0.3) is 17.1 Å². The first-order valence-electron chi connectivity index (χ1n) is 9.59. The lowest BCUT2D eigenvalue weighted by Crippen LogP contribution is -2.27. The maximum absolute atomic E-state index is 13.0. The molecular weight excluding hydrogens is 394 g/mol. The molecule has 1 heterocycles. The molecule has 0 bridgehead atoms. The Bertz CT molecular complexity index is 1170. The maximum atomic E-state index is 13.0. The van der Waals surface area contributed by atoms with E-state index in [0.29, 0.717) is 11.4 Å². The van der Waals surface area contributed by atoms with Crippen molar-refractivity contribution in [2.24, 2.45) is 0 Å². The molecule has 8 nitrogen and oxygen atoms in total. The molecule has 4 rings (SSSR count). The number of nitro groups is 1. The number of aromatic nitrogens is 3. The minimum absolute atomic E-state index is 0.0174. The Labute approximate surface area is 178 Å². The van der Waals surface area contributed by atoms with Crippen LogP contribution in [0.3, 0.4) is 0 Å². The molecule has 1 amide bonds. The van der Waals surface area contributed by atoms with Gasteiger partial charge in [0.1, 0.15) is 0 Å². The lowest BCUT2D eigenvalue weighted by Gasteiger charge is -2.15. The smallest absolute Gasteiger partial charge is 0.293 e. The molecule has 0 saturated carbocycles.